The molecule has 0 radical (unpaired) electrons. The predicted molar refractivity (Wildman–Crippen MR) is 87.0 cm³/mol. The zero-order chi connectivity index (χ0) is 15.0. The van der Waals surface area contributed by atoms with Crippen molar-refractivity contribution in [1.29, 1.82) is 0 Å². The van der Waals surface area contributed by atoms with Crippen LogP contribution in [-0.4, -0.2) is 19.4 Å². The van der Waals surface area contributed by atoms with E-state index in [4.69, 9.17) is 11.6 Å². The first kappa shape index (κ1) is 15.2. The summed E-state index contributed by atoms with van der Waals surface area (Å²) in [4.78, 5) is 4.26. The summed E-state index contributed by atoms with van der Waals surface area (Å²) >= 11 is 9.65. The number of pyridine rings is 1. The highest BCUT2D eigenvalue weighted by Crippen LogP contribution is 2.31. The van der Waals surface area contributed by atoms with Gasteiger partial charge < -0.3 is 0 Å². The minimum atomic E-state index is -3.63. The summed E-state index contributed by atoms with van der Waals surface area (Å²) in [6, 6.07) is 5.40. The van der Waals surface area contributed by atoms with Crippen LogP contribution in [0.1, 0.15) is 25.7 Å². The molecule has 1 aromatic heterocycles. The lowest BCUT2D eigenvalue weighted by Gasteiger charge is -2.14. The molecule has 1 aliphatic carbocycles. The van der Waals surface area contributed by atoms with Crippen LogP contribution >= 0.6 is 27.5 Å². The number of hydrogen-bond donors (Lipinski definition) is 1. The van der Waals surface area contributed by atoms with Crippen LogP contribution in [-0.2, 0) is 10.0 Å². The summed E-state index contributed by atoms with van der Waals surface area (Å²) in [5.41, 5.74) is 0.661. The molecule has 1 aliphatic rings. The summed E-state index contributed by atoms with van der Waals surface area (Å²) in [6.07, 6.45) is 5.21. The molecule has 7 heteroatoms. The third-order valence-corrected chi connectivity index (χ3v) is 6.24. The second-order valence-electron chi connectivity index (χ2n) is 5.20. The van der Waals surface area contributed by atoms with Crippen molar-refractivity contribution in [2.75, 3.05) is 0 Å². The molecule has 0 amide bonds. The van der Waals surface area contributed by atoms with Gasteiger partial charge in [-0.1, -0.05) is 46.4 Å². The number of aromatic nitrogens is 1. The largest absolute Gasteiger partial charge is 0.255 e. The Morgan fingerprint density at radius 1 is 1.29 bits per heavy atom. The van der Waals surface area contributed by atoms with Gasteiger partial charge in [-0.2, -0.15) is 0 Å². The Kier molecular flexibility index (Phi) is 4.23. The molecule has 1 aromatic carbocycles. The highest BCUT2D eigenvalue weighted by atomic mass is 79.9. The Hall–Kier alpha value is -0.690. The van der Waals surface area contributed by atoms with Gasteiger partial charge in [-0.3, -0.25) is 4.98 Å². The van der Waals surface area contributed by atoms with Crippen molar-refractivity contribution < 1.29 is 8.42 Å². The molecule has 0 unspecified atom stereocenters. The van der Waals surface area contributed by atoms with Crippen molar-refractivity contribution in [3.05, 3.63) is 33.9 Å². The van der Waals surface area contributed by atoms with Crippen LogP contribution in [0.3, 0.4) is 0 Å². The number of nitrogens with one attached hydrogen (secondary N) is 1. The molecule has 0 bridgehead atoms. The molecule has 0 spiro atoms. The van der Waals surface area contributed by atoms with Gasteiger partial charge in [0.1, 0.15) is 4.90 Å². The van der Waals surface area contributed by atoms with Crippen LogP contribution in [0, 0.1) is 0 Å². The van der Waals surface area contributed by atoms with Gasteiger partial charge in [-0.15, -0.1) is 0 Å². The van der Waals surface area contributed by atoms with Crippen LogP contribution < -0.4 is 4.72 Å². The second kappa shape index (κ2) is 5.83. The van der Waals surface area contributed by atoms with E-state index in [-0.39, 0.29) is 16.0 Å². The van der Waals surface area contributed by atoms with Crippen LogP contribution in [0.4, 0.5) is 0 Å². The zero-order valence-corrected chi connectivity index (χ0v) is 14.3. The maximum absolute atomic E-state index is 12.5. The van der Waals surface area contributed by atoms with Gasteiger partial charge in [0.15, 0.2) is 0 Å². The Balaban J connectivity index is 2.03. The smallest absolute Gasteiger partial charge is 0.243 e. The van der Waals surface area contributed by atoms with E-state index in [9.17, 15) is 8.42 Å². The number of benzene rings is 1. The summed E-state index contributed by atoms with van der Waals surface area (Å²) < 4.78 is 28.5. The van der Waals surface area contributed by atoms with Crippen molar-refractivity contribution in [2.24, 2.45) is 0 Å². The van der Waals surface area contributed by atoms with E-state index in [2.05, 4.69) is 25.6 Å². The number of rotatable bonds is 3. The van der Waals surface area contributed by atoms with Crippen LogP contribution in [0.15, 0.2) is 33.8 Å². The van der Waals surface area contributed by atoms with Gasteiger partial charge >= 0.3 is 0 Å². The van der Waals surface area contributed by atoms with E-state index in [0.29, 0.717) is 10.9 Å². The summed E-state index contributed by atoms with van der Waals surface area (Å²) in [7, 11) is -3.63. The molecule has 0 aliphatic heterocycles. The summed E-state index contributed by atoms with van der Waals surface area (Å²) in [5, 5.41) is 0.854. The fraction of sp³-hybridized carbons (Fsp3) is 0.357. The number of halogens is 2. The molecule has 1 N–H and O–H groups in total. The van der Waals surface area contributed by atoms with Gasteiger partial charge in [-0.25, -0.2) is 13.1 Å². The first-order valence-corrected chi connectivity index (χ1v) is 9.39. The van der Waals surface area contributed by atoms with E-state index < -0.39 is 10.0 Å². The predicted octanol–water partition coefficient (Wildman–Crippen LogP) is 3.87. The van der Waals surface area contributed by atoms with Gasteiger partial charge in [0, 0.05) is 22.1 Å². The molecule has 3 rings (SSSR count). The van der Waals surface area contributed by atoms with Gasteiger partial charge in [-0.05, 0) is 25.0 Å². The molecular weight excluding hydrogens is 376 g/mol. The fourth-order valence-electron chi connectivity index (χ4n) is 2.63. The topological polar surface area (TPSA) is 59.1 Å². The number of hydrogen-bond acceptors (Lipinski definition) is 3. The number of sulfonamides is 1. The lowest BCUT2D eigenvalue weighted by Crippen LogP contribution is -2.32. The van der Waals surface area contributed by atoms with Crippen molar-refractivity contribution >= 4 is 48.5 Å². The zero-order valence-electron chi connectivity index (χ0n) is 11.1. The Morgan fingerprint density at radius 2 is 2.00 bits per heavy atom. The van der Waals surface area contributed by atoms with Crippen molar-refractivity contribution in [3.63, 3.8) is 0 Å². The lowest BCUT2D eigenvalue weighted by molar-refractivity contribution is 0.552. The maximum atomic E-state index is 12.5. The van der Waals surface area contributed by atoms with Crippen LogP contribution in [0.2, 0.25) is 5.02 Å². The molecule has 1 fully saturated rings. The first-order chi connectivity index (χ1) is 9.97. The highest BCUT2D eigenvalue weighted by Gasteiger charge is 2.25. The fourth-order valence-corrected chi connectivity index (χ4v) is 4.83. The second-order valence-corrected chi connectivity index (χ2v) is 8.18. The third-order valence-electron chi connectivity index (χ3n) is 3.70. The average molecular weight is 390 g/mol. The molecular formula is C14H14BrClN2O2S. The van der Waals surface area contributed by atoms with Crippen LogP contribution in [0.25, 0.3) is 10.9 Å². The van der Waals surface area contributed by atoms with Crippen molar-refractivity contribution in [2.45, 2.75) is 36.6 Å². The van der Waals surface area contributed by atoms with E-state index in [1.807, 2.05) is 12.1 Å². The highest BCUT2D eigenvalue weighted by molar-refractivity contribution is 9.10. The van der Waals surface area contributed by atoms with Crippen molar-refractivity contribution in [3.8, 4) is 0 Å². The molecule has 0 saturated heterocycles. The quantitative estimate of drug-likeness (QED) is 0.867. The molecule has 1 heterocycles. The summed E-state index contributed by atoms with van der Waals surface area (Å²) in [6.45, 7) is 0. The molecule has 21 heavy (non-hydrogen) atoms. The van der Waals surface area contributed by atoms with E-state index in [0.717, 1.165) is 30.2 Å². The molecule has 112 valence electrons. The van der Waals surface area contributed by atoms with Crippen LogP contribution in [0.5, 0.6) is 0 Å². The number of nitrogens with zero attached hydrogens (tertiary/aromatic N) is 1. The average Bonchev–Trinajstić information content (AvgIpc) is 2.90. The Bertz CT molecular complexity index is 789. The summed E-state index contributed by atoms with van der Waals surface area (Å²) in [5.74, 6) is 0. The van der Waals surface area contributed by atoms with Gasteiger partial charge in [0.25, 0.3) is 0 Å². The minimum absolute atomic E-state index is 0.00619. The standard InChI is InChI=1S/C14H14BrClN2O2S/c15-9-5-6-11-12(7-9)17-8-13(14(11)16)21(19,20)18-10-3-1-2-4-10/h5-8,10,18H,1-4H2. The normalized spacial score (nSPS) is 16.7. The number of fused-ring (bicyclic) bond motifs is 1. The van der Waals surface area contributed by atoms with E-state index >= 15 is 0 Å². The third kappa shape index (κ3) is 3.08. The van der Waals surface area contributed by atoms with Crippen molar-refractivity contribution in [1.82, 2.24) is 9.71 Å². The monoisotopic (exact) mass is 388 g/mol. The van der Waals surface area contributed by atoms with E-state index in [1.165, 1.54) is 6.20 Å². The Morgan fingerprint density at radius 3 is 2.71 bits per heavy atom. The van der Waals surface area contributed by atoms with Gasteiger partial charge in [0.05, 0.1) is 10.5 Å². The van der Waals surface area contributed by atoms with Gasteiger partial charge in [0.2, 0.25) is 10.0 Å². The first-order valence-electron chi connectivity index (χ1n) is 6.73. The molecule has 0 atom stereocenters. The minimum Gasteiger partial charge on any atom is -0.255 e. The molecule has 4 nitrogen and oxygen atoms in total. The Labute approximate surface area is 137 Å². The SMILES string of the molecule is O=S(=O)(NC1CCCC1)c1cnc2cc(Br)ccc2c1Cl. The maximum Gasteiger partial charge on any atom is 0.243 e. The molecule has 2 aromatic rings. The molecule has 1 saturated carbocycles. The van der Waals surface area contributed by atoms with E-state index in [1.54, 1.807) is 6.07 Å². The lowest BCUT2D eigenvalue weighted by atomic mass is 10.2.